The highest BCUT2D eigenvalue weighted by molar-refractivity contribution is 8.12. The molecule has 0 aromatic heterocycles. The Morgan fingerprint density at radius 3 is 2.75 bits per heavy atom. The molecule has 15 heteroatoms. The van der Waals surface area contributed by atoms with E-state index < -0.39 is 18.2 Å². The molecular formula is C29H33Cl2N9O3S. The van der Waals surface area contributed by atoms with Crippen molar-refractivity contribution in [2.75, 3.05) is 29.7 Å². The number of carbonyl (C=O) groups excluding carboxylic acids is 2. The van der Waals surface area contributed by atoms with E-state index in [2.05, 4.69) is 42.6 Å². The fraction of sp³-hybridized carbons (Fsp3) is 0.207. The minimum atomic E-state index is -0.576. The number of carbonyl (C=O) groups is 2. The molecule has 0 radical (unpaired) electrons. The number of hydrogen-bond acceptors (Lipinski definition) is 10. The molecule has 2 atom stereocenters. The van der Waals surface area contributed by atoms with Gasteiger partial charge in [0, 0.05) is 40.2 Å². The Morgan fingerprint density at radius 1 is 1.27 bits per heavy atom. The monoisotopic (exact) mass is 657 g/mol. The van der Waals surface area contributed by atoms with Crippen LogP contribution in [0.25, 0.3) is 11.6 Å². The van der Waals surface area contributed by atoms with E-state index in [1.165, 1.54) is 36.3 Å². The van der Waals surface area contributed by atoms with Gasteiger partial charge in [0.05, 0.1) is 30.4 Å². The topological polar surface area (TPSA) is 172 Å². The number of allylic oxidation sites excluding steroid dienone is 1. The molecule has 0 fully saturated rings. The van der Waals surface area contributed by atoms with Crippen molar-refractivity contribution in [3.8, 4) is 0 Å². The summed E-state index contributed by atoms with van der Waals surface area (Å²) in [5, 5.41) is 15.3. The molecular weight excluding hydrogens is 625 g/mol. The molecule has 2 aromatic rings. The molecule has 3 rings (SSSR count). The molecule has 1 unspecified atom stereocenters. The summed E-state index contributed by atoms with van der Waals surface area (Å²) in [6, 6.07) is 11.2. The lowest BCUT2D eigenvalue weighted by molar-refractivity contribution is -0.117. The minimum Gasteiger partial charge on any atom is -0.453 e. The Kier molecular flexibility index (Phi) is 13.8. The quantitative estimate of drug-likeness (QED) is 0.0374. The lowest BCUT2D eigenvalue weighted by Gasteiger charge is -2.28. The molecule has 0 aliphatic carbocycles. The molecule has 0 saturated heterocycles. The summed E-state index contributed by atoms with van der Waals surface area (Å²) in [6.45, 7) is 4.15. The van der Waals surface area contributed by atoms with Gasteiger partial charge in [-0.15, -0.1) is 18.3 Å². The maximum absolute atomic E-state index is 13.2. The van der Waals surface area contributed by atoms with Crippen LogP contribution in [0.3, 0.4) is 0 Å². The van der Waals surface area contributed by atoms with Crippen LogP contribution in [-0.4, -0.2) is 60.5 Å². The van der Waals surface area contributed by atoms with E-state index in [1.807, 2.05) is 6.08 Å². The van der Waals surface area contributed by atoms with Crippen molar-refractivity contribution in [2.24, 2.45) is 26.9 Å². The van der Waals surface area contributed by atoms with Crippen molar-refractivity contribution in [3.63, 3.8) is 0 Å². The molecule has 7 N–H and O–H groups in total. The van der Waals surface area contributed by atoms with Crippen molar-refractivity contribution in [1.82, 2.24) is 10.7 Å². The summed E-state index contributed by atoms with van der Waals surface area (Å²) < 4.78 is 4.64. The van der Waals surface area contributed by atoms with Gasteiger partial charge in [0.25, 0.3) is 0 Å². The summed E-state index contributed by atoms with van der Waals surface area (Å²) in [6.07, 6.45) is 7.82. The lowest BCUT2D eigenvalue weighted by Crippen LogP contribution is -2.49. The van der Waals surface area contributed by atoms with Crippen LogP contribution in [0.2, 0.25) is 5.02 Å². The van der Waals surface area contributed by atoms with E-state index in [4.69, 9.17) is 34.9 Å². The van der Waals surface area contributed by atoms with Crippen molar-refractivity contribution in [3.05, 3.63) is 83.4 Å². The molecule has 1 aliphatic rings. The van der Waals surface area contributed by atoms with Gasteiger partial charge in [-0.25, -0.2) is 10.6 Å². The number of amides is 2. The fourth-order valence-electron chi connectivity index (χ4n) is 4.00. The number of benzene rings is 2. The zero-order valence-electron chi connectivity index (χ0n) is 23.8. The van der Waals surface area contributed by atoms with Gasteiger partial charge in [0.2, 0.25) is 5.91 Å². The third kappa shape index (κ3) is 10.5. The zero-order valence-corrected chi connectivity index (χ0v) is 26.1. The van der Waals surface area contributed by atoms with Gasteiger partial charge in [-0.1, -0.05) is 41.4 Å². The number of hydrazone groups is 2. The fourth-order valence-corrected chi connectivity index (χ4v) is 4.83. The number of nitrogens with zero attached hydrogens (tertiary/aromatic N) is 4. The summed E-state index contributed by atoms with van der Waals surface area (Å²) >= 11 is 14.2. The number of nitrogens with two attached hydrogens (primary N) is 2. The number of rotatable bonds is 14. The van der Waals surface area contributed by atoms with Crippen molar-refractivity contribution < 1.29 is 14.3 Å². The van der Waals surface area contributed by atoms with E-state index in [1.54, 1.807) is 60.2 Å². The highest BCUT2D eigenvalue weighted by Gasteiger charge is 2.25. The molecule has 0 spiro atoms. The van der Waals surface area contributed by atoms with Crippen molar-refractivity contribution in [2.45, 2.75) is 18.5 Å². The number of anilines is 2. The molecule has 1 heterocycles. The molecule has 0 saturated carbocycles. The smallest absolute Gasteiger partial charge is 0.411 e. The number of hydrogen-bond donors (Lipinski definition) is 5. The molecule has 232 valence electrons. The zero-order chi connectivity index (χ0) is 31.9. The predicted molar refractivity (Wildman–Crippen MR) is 183 cm³/mol. The van der Waals surface area contributed by atoms with Gasteiger partial charge in [0.1, 0.15) is 6.34 Å². The van der Waals surface area contributed by atoms with Crippen molar-refractivity contribution >= 4 is 87.0 Å². The highest BCUT2D eigenvalue weighted by Crippen LogP contribution is 2.26. The number of aliphatic imine (C=N–C) groups is 1. The van der Waals surface area contributed by atoms with E-state index in [-0.39, 0.29) is 11.1 Å². The molecule has 2 aromatic carbocycles. The standard InChI is InChI=1S/C29H33Cl2N9O3S/c1-3-14-44-18-34-13-12-24(37-27(41)11-6-20-15-21(30)7-10-26(20)40(33)17-35-32)25-16-23(28(31)39-38-25)19-4-8-22(9-5-19)36-29(42)43-2/h3-11,15-18,24-25,38H,1,12-14,32-33H2,2H3,(H,36,42)(H,37,41)/b11-6+,34-18?,35-17-/t24-,25?/m0/s1. The van der Waals surface area contributed by atoms with Crippen LogP contribution < -0.4 is 32.8 Å². The Bertz CT molecular complexity index is 1460. The number of nitrogens with one attached hydrogen (secondary N) is 3. The molecule has 2 amide bonds. The number of ether oxygens (including phenoxy) is 1. The number of methoxy groups -OCH3 is 1. The second kappa shape index (κ2) is 17.7. The van der Waals surface area contributed by atoms with Crippen LogP contribution >= 0.6 is 35.0 Å². The van der Waals surface area contributed by atoms with E-state index in [9.17, 15) is 9.59 Å². The summed E-state index contributed by atoms with van der Waals surface area (Å²) in [5.41, 5.74) is 7.89. The lowest BCUT2D eigenvalue weighted by atomic mass is 9.97. The van der Waals surface area contributed by atoms with Gasteiger partial charge in [0.15, 0.2) is 5.17 Å². The largest absolute Gasteiger partial charge is 0.453 e. The Morgan fingerprint density at radius 2 is 2.05 bits per heavy atom. The first-order valence-corrected chi connectivity index (χ1v) is 15.0. The summed E-state index contributed by atoms with van der Waals surface area (Å²) in [4.78, 5) is 29.1. The average molecular weight is 659 g/mol. The van der Waals surface area contributed by atoms with E-state index >= 15 is 0 Å². The maximum atomic E-state index is 13.2. The SMILES string of the molecule is C=CCSC=NCC[C@H](NC(=O)/C=C/c1cc(Cl)ccc1N(N)/C=N\N)C1C=C(c2ccc(NC(=O)OC)cc2)C(Cl)=NN1. The molecule has 44 heavy (non-hydrogen) atoms. The highest BCUT2D eigenvalue weighted by atomic mass is 35.5. The van der Waals surface area contributed by atoms with Gasteiger partial charge >= 0.3 is 6.09 Å². The van der Waals surface area contributed by atoms with Crippen molar-refractivity contribution in [1.29, 1.82) is 0 Å². The number of hydrazine groups is 1. The molecule has 0 bridgehead atoms. The first-order chi connectivity index (χ1) is 21.2. The molecule has 12 nitrogen and oxygen atoms in total. The summed E-state index contributed by atoms with van der Waals surface area (Å²) in [5.74, 6) is 11.6. The van der Waals surface area contributed by atoms with Crippen LogP contribution in [0, 0.1) is 0 Å². The van der Waals surface area contributed by atoms with Crippen LogP contribution in [0.4, 0.5) is 16.2 Å². The second-order valence-electron chi connectivity index (χ2n) is 9.08. The Balaban J connectivity index is 1.83. The van der Waals surface area contributed by atoms with Gasteiger partial charge in [-0.3, -0.25) is 25.5 Å². The van der Waals surface area contributed by atoms with Crippen LogP contribution in [0.15, 0.2) is 82.5 Å². The second-order valence-corrected chi connectivity index (χ2v) is 10.7. The third-order valence-electron chi connectivity index (χ3n) is 6.07. The number of halogens is 2. The third-order valence-corrected chi connectivity index (χ3v) is 7.32. The van der Waals surface area contributed by atoms with Gasteiger partial charge < -0.3 is 15.9 Å². The first-order valence-electron chi connectivity index (χ1n) is 13.2. The van der Waals surface area contributed by atoms with Crippen LogP contribution in [0.1, 0.15) is 17.5 Å². The van der Waals surface area contributed by atoms with Crippen LogP contribution in [0.5, 0.6) is 0 Å². The normalized spacial score (nSPS) is 15.4. The van der Waals surface area contributed by atoms with Gasteiger partial charge in [-0.2, -0.15) is 10.2 Å². The Labute approximate surface area is 269 Å². The van der Waals surface area contributed by atoms with E-state index in [0.717, 1.165) is 11.3 Å². The number of thioether (sulfide) groups is 1. The Hall–Kier alpha value is -4.30. The predicted octanol–water partition coefficient (Wildman–Crippen LogP) is 4.54. The molecule has 1 aliphatic heterocycles. The van der Waals surface area contributed by atoms with Gasteiger partial charge in [-0.05, 0) is 54.5 Å². The minimum absolute atomic E-state index is 0.250. The van der Waals surface area contributed by atoms with Crippen LogP contribution in [-0.2, 0) is 9.53 Å². The van der Waals surface area contributed by atoms with E-state index in [0.29, 0.717) is 40.5 Å². The maximum Gasteiger partial charge on any atom is 0.411 e. The first kappa shape index (κ1) is 34.2. The summed E-state index contributed by atoms with van der Waals surface area (Å²) in [7, 11) is 1.29. The average Bonchev–Trinajstić information content (AvgIpc) is 3.02.